The van der Waals surface area contributed by atoms with Gasteiger partial charge >= 0.3 is 0 Å². The van der Waals surface area contributed by atoms with E-state index in [1.54, 1.807) is 13.4 Å². The van der Waals surface area contributed by atoms with Gasteiger partial charge in [-0.15, -0.1) is 0 Å². The van der Waals surface area contributed by atoms with E-state index in [4.69, 9.17) is 4.74 Å². The molecule has 1 atom stereocenters. The Morgan fingerprint density at radius 2 is 1.89 bits per heavy atom. The van der Waals surface area contributed by atoms with E-state index < -0.39 is 0 Å². The second kappa shape index (κ2) is 7.84. The molecule has 3 heterocycles. The van der Waals surface area contributed by atoms with Crippen molar-refractivity contribution in [2.24, 2.45) is 0 Å². The monoisotopic (exact) mass is 381 g/mol. The van der Waals surface area contributed by atoms with Crippen molar-refractivity contribution >= 4 is 17.6 Å². The summed E-state index contributed by atoms with van der Waals surface area (Å²) in [5.74, 6) is 1.63. The molecule has 1 N–H and O–H groups in total. The minimum atomic E-state index is -0.361. The summed E-state index contributed by atoms with van der Waals surface area (Å²) in [5, 5.41) is 2.75. The molecule has 8 nitrogen and oxygen atoms in total. The normalized spacial score (nSPS) is 19.5. The third-order valence-electron chi connectivity index (χ3n) is 5.25. The van der Waals surface area contributed by atoms with E-state index in [-0.39, 0.29) is 17.9 Å². The Labute approximate surface area is 163 Å². The molecule has 0 saturated carbocycles. The number of methoxy groups -OCH3 is 1. The second-order valence-electron chi connectivity index (χ2n) is 6.96. The molecule has 0 spiro atoms. The first kappa shape index (κ1) is 18.2. The van der Waals surface area contributed by atoms with Crippen molar-refractivity contribution in [1.29, 1.82) is 0 Å². The SMILES string of the molecule is COc1ccc(-c2cc(N3CCN(C(=O)C4CCC(=O)N4)CC3)ncn2)cc1. The molecule has 2 fully saturated rings. The number of hydrogen-bond donors (Lipinski definition) is 1. The zero-order valence-corrected chi connectivity index (χ0v) is 15.8. The third kappa shape index (κ3) is 3.76. The van der Waals surface area contributed by atoms with Crippen LogP contribution in [0.15, 0.2) is 36.7 Å². The number of anilines is 1. The first-order valence-corrected chi connectivity index (χ1v) is 9.43. The summed E-state index contributed by atoms with van der Waals surface area (Å²) in [5.41, 5.74) is 1.84. The van der Waals surface area contributed by atoms with Crippen LogP contribution in [0.25, 0.3) is 11.3 Å². The summed E-state index contributed by atoms with van der Waals surface area (Å²) in [7, 11) is 1.64. The number of piperazine rings is 1. The van der Waals surface area contributed by atoms with Gasteiger partial charge in [0.15, 0.2) is 0 Å². The molecule has 4 rings (SSSR count). The van der Waals surface area contributed by atoms with E-state index in [2.05, 4.69) is 20.2 Å². The Hall–Kier alpha value is -3.16. The fourth-order valence-corrected chi connectivity index (χ4v) is 3.62. The highest BCUT2D eigenvalue weighted by Gasteiger charge is 2.32. The Balaban J connectivity index is 1.40. The number of amides is 2. The molecule has 1 unspecified atom stereocenters. The molecule has 2 aliphatic heterocycles. The predicted octanol–water partition coefficient (Wildman–Crippen LogP) is 1.08. The highest BCUT2D eigenvalue weighted by atomic mass is 16.5. The number of carbonyl (C=O) groups excluding carboxylic acids is 2. The number of ether oxygens (including phenoxy) is 1. The van der Waals surface area contributed by atoms with E-state index in [0.717, 1.165) is 22.8 Å². The second-order valence-corrected chi connectivity index (χ2v) is 6.96. The Bertz CT molecular complexity index is 862. The van der Waals surface area contributed by atoms with Crippen LogP contribution in [0, 0.1) is 0 Å². The highest BCUT2D eigenvalue weighted by Crippen LogP contribution is 2.24. The Kier molecular flexibility index (Phi) is 5.10. The predicted molar refractivity (Wildman–Crippen MR) is 104 cm³/mol. The van der Waals surface area contributed by atoms with Crippen molar-refractivity contribution < 1.29 is 14.3 Å². The van der Waals surface area contributed by atoms with Crippen molar-refractivity contribution in [3.8, 4) is 17.0 Å². The summed E-state index contributed by atoms with van der Waals surface area (Å²) in [6.45, 7) is 2.64. The lowest BCUT2D eigenvalue weighted by Crippen LogP contribution is -2.53. The maximum Gasteiger partial charge on any atom is 0.245 e. The maximum atomic E-state index is 12.5. The van der Waals surface area contributed by atoms with Crippen LogP contribution in [-0.4, -0.2) is 66.0 Å². The molecule has 28 heavy (non-hydrogen) atoms. The van der Waals surface area contributed by atoms with Crippen molar-refractivity contribution in [3.05, 3.63) is 36.7 Å². The number of aromatic nitrogens is 2. The molecule has 2 aromatic rings. The van der Waals surface area contributed by atoms with E-state index in [1.807, 2.05) is 35.2 Å². The lowest BCUT2D eigenvalue weighted by atomic mass is 10.1. The molecule has 2 aliphatic rings. The molecule has 1 aromatic carbocycles. The zero-order chi connectivity index (χ0) is 19.5. The number of nitrogens with zero attached hydrogens (tertiary/aromatic N) is 4. The molecule has 146 valence electrons. The summed E-state index contributed by atoms with van der Waals surface area (Å²) in [6, 6.07) is 9.36. The van der Waals surface area contributed by atoms with E-state index in [0.29, 0.717) is 39.0 Å². The van der Waals surface area contributed by atoms with Gasteiger partial charge in [-0.3, -0.25) is 9.59 Å². The van der Waals surface area contributed by atoms with Crippen LogP contribution in [0.4, 0.5) is 5.82 Å². The molecule has 0 bridgehead atoms. The Morgan fingerprint density at radius 1 is 1.14 bits per heavy atom. The van der Waals surface area contributed by atoms with Crippen molar-refractivity contribution in [2.75, 3.05) is 38.2 Å². The van der Waals surface area contributed by atoms with Gasteiger partial charge < -0.3 is 19.9 Å². The first-order chi connectivity index (χ1) is 13.6. The van der Waals surface area contributed by atoms with Gasteiger partial charge in [0.1, 0.15) is 23.9 Å². The van der Waals surface area contributed by atoms with Gasteiger partial charge in [-0.2, -0.15) is 0 Å². The molecular formula is C20H23N5O3. The third-order valence-corrected chi connectivity index (χ3v) is 5.25. The van der Waals surface area contributed by atoms with Crippen LogP contribution in [0.2, 0.25) is 0 Å². The Morgan fingerprint density at radius 3 is 2.54 bits per heavy atom. The summed E-state index contributed by atoms with van der Waals surface area (Å²) in [6.07, 6.45) is 2.60. The van der Waals surface area contributed by atoms with Crippen LogP contribution < -0.4 is 15.0 Å². The topological polar surface area (TPSA) is 87.7 Å². The molecular weight excluding hydrogens is 358 g/mol. The van der Waals surface area contributed by atoms with Crippen molar-refractivity contribution in [1.82, 2.24) is 20.2 Å². The summed E-state index contributed by atoms with van der Waals surface area (Å²) in [4.78, 5) is 36.7. The van der Waals surface area contributed by atoms with E-state index in [9.17, 15) is 9.59 Å². The smallest absolute Gasteiger partial charge is 0.245 e. The number of carbonyl (C=O) groups is 2. The minimum absolute atomic E-state index is 0.0205. The average molecular weight is 381 g/mol. The minimum Gasteiger partial charge on any atom is -0.497 e. The standard InChI is InChI=1S/C20H23N5O3/c1-28-15-4-2-14(3-5-15)17-12-18(22-13-21-17)24-8-10-25(11-9-24)20(27)16-6-7-19(26)23-16/h2-5,12-13,16H,6-11H2,1H3,(H,23,26). The fraction of sp³-hybridized carbons (Fsp3) is 0.400. The van der Waals surface area contributed by atoms with Gasteiger partial charge in [0, 0.05) is 44.2 Å². The van der Waals surface area contributed by atoms with Gasteiger partial charge in [0.25, 0.3) is 0 Å². The van der Waals surface area contributed by atoms with Gasteiger partial charge in [-0.1, -0.05) is 0 Å². The van der Waals surface area contributed by atoms with E-state index >= 15 is 0 Å². The van der Waals surface area contributed by atoms with Crippen molar-refractivity contribution in [2.45, 2.75) is 18.9 Å². The van der Waals surface area contributed by atoms with Crippen LogP contribution in [0.1, 0.15) is 12.8 Å². The number of hydrogen-bond acceptors (Lipinski definition) is 6. The number of rotatable bonds is 4. The van der Waals surface area contributed by atoms with E-state index in [1.165, 1.54) is 0 Å². The van der Waals surface area contributed by atoms with Gasteiger partial charge in [-0.05, 0) is 30.7 Å². The first-order valence-electron chi connectivity index (χ1n) is 9.43. The lowest BCUT2D eigenvalue weighted by Gasteiger charge is -2.36. The fourth-order valence-electron chi connectivity index (χ4n) is 3.62. The summed E-state index contributed by atoms with van der Waals surface area (Å²) < 4.78 is 5.20. The van der Waals surface area contributed by atoms with Gasteiger partial charge in [0.2, 0.25) is 11.8 Å². The maximum absolute atomic E-state index is 12.5. The van der Waals surface area contributed by atoms with Gasteiger partial charge in [0.05, 0.1) is 12.8 Å². The van der Waals surface area contributed by atoms with Crippen LogP contribution in [0.3, 0.4) is 0 Å². The largest absolute Gasteiger partial charge is 0.497 e. The van der Waals surface area contributed by atoms with Crippen LogP contribution in [-0.2, 0) is 9.59 Å². The number of benzene rings is 1. The van der Waals surface area contributed by atoms with Crippen LogP contribution in [0.5, 0.6) is 5.75 Å². The molecule has 0 radical (unpaired) electrons. The molecule has 8 heteroatoms. The van der Waals surface area contributed by atoms with Crippen LogP contribution >= 0.6 is 0 Å². The average Bonchev–Trinajstić information content (AvgIpc) is 3.20. The number of nitrogens with one attached hydrogen (secondary N) is 1. The molecule has 2 amide bonds. The summed E-state index contributed by atoms with van der Waals surface area (Å²) >= 11 is 0. The molecule has 0 aliphatic carbocycles. The highest BCUT2D eigenvalue weighted by molar-refractivity contribution is 5.91. The quantitative estimate of drug-likeness (QED) is 0.853. The molecule has 2 saturated heterocycles. The van der Waals surface area contributed by atoms with Gasteiger partial charge in [-0.25, -0.2) is 9.97 Å². The van der Waals surface area contributed by atoms with Crippen molar-refractivity contribution in [3.63, 3.8) is 0 Å². The molecule has 1 aromatic heterocycles. The lowest BCUT2D eigenvalue weighted by molar-refractivity contribution is -0.134. The zero-order valence-electron chi connectivity index (χ0n) is 15.8.